The number of amides is 2. The van der Waals surface area contributed by atoms with Gasteiger partial charge in [0.25, 0.3) is 5.91 Å². The van der Waals surface area contributed by atoms with Gasteiger partial charge in [0.1, 0.15) is 0 Å². The fraction of sp³-hybridized carbons (Fsp3) is 0.429. The van der Waals surface area contributed by atoms with Crippen LogP contribution in [-0.4, -0.2) is 55.4 Å². The summed E-state index contributed by atoms with van der Waals surface area (Å²) in [4.78, 5) is 25.1. The number of benzene rings is 1. The van der Waals surface area contributed by atoms with E-state index in [-0.39, 0.29) is 17.7 Å². The van der Waals surface area contributed by atoms with E-state index < -0.39 is 6.09 Å². The largest absolute Gasteiger partial charge is 0.504 e. The zero-order chi connectivity index (χ0) is 15.4. The molecule has 1 atom stereocenters. The van der Waals surface area contributed by atoms with Crippen LogP contribution in [0.3, 0.4) is 0 Å². The van der Waals surface area contributed by atoms with Crippen LogP contribution < -0.4 is 10.1 Å². The maximum atomic E-state index is 12.3. The van der Waals surface area contributed by atoms with Gasteiger partial charge in [-0.05, 0) is 24.6 Å². The first-order valence-corrected chi connectivity index (χ1v) is 6.56. The van der Waals surface area contributed by atoms with Gasteiger partial charge in [-0.3, -0.25) is 4.79 Å². The lowest BCUT2D eigenvalue weighted by Crippen LogP contribution is -2.38. The Kier molecular flexibility index (Phi) is 4.52. The number of alkyl carbamates (subject to hydrolysis) is 1. The first kappa shape index (κ1) is 15.0. The van der Waals surface area contributed by atoms with Gasteiger partial charge in [-0.25, -0.2) is 4.79 Å². The van der Waals surface area contributed by atoms with Crippen molar-refractivity contribution < 1.29 is 24.2 Å². The minimum Gasteiger partial charge on any atom is -0.504 e. The monoisotopic (exact) mass is 294 g/mol. The molecule has 0 aromatic heterocycles. The van der Waals surface area contributed by atoms with Crippen molar-refractivity contribution in [3.05, 3.63) is 23.8 Å². The maximum absolute atomic E-state index is 12.3. The van der Waals surface area contributed by atoms with Gasteiger partial charge in [0.2, 0.25) is 0 Å². The number of phenols is 1. The second-order valence-electron chi connectivity index (χ2n) is 4.76. The fourth-order valence-electron chi connectivity index (χ4n) is 2.29. The second-order valence-corrected chi connectivity index (χ2v) is 4.76. The average molecular weight is 294 g/mol. The van der Waals surface area contributed by atoms with Crippen LogP contribution in [0.5, 0.6) is 11.5 Å². The van der Waals surface area contributed by atoms with Gasteiger partial charge in [-0.15, -0.1) is 0 Å². The van der Waals surface area contributed by atoms with Gasteiger partial charge < -0.3 is 24.8 Å². The quantitative estimate of drug-likeness (QED) is 0.867. The van der Waals surface area contributed by atoms with Crippen molar-refractivity contribution in [2.45, 2.75) is 12.5 Å². The first-order chi connectivity index (χ1) is 10.0. The highest BCUT2D eigenvalue weighted by Crippen LogP contribution is 2.27. The van der Waals surface area contributed by atoms with E-state index in [1.807, 2.05) is 0 Å². The van der Waals surface area contributed by atoms with E-state index in [2.05, 4.69) is 10.1 Å². The van der Waals surface area contributed by atoms with E-state index in [4.69, 9.17) is 4.74 Å². The van der Waals surface area contributed by atoms with Gasteiger partial charge in [0.05, 0.1) is 20.3 Å². The summed E-state index contributed by atoms with van der Waals surface area (Å²) in [5.41, 5.74) is 0.381. The lowest BCUT2D eigenvalue weighted by Gasteiger charge is -2.17. The molecule has 1 heterocycles. The van der Waals surface area contributed by atoms with Crippen molar-refractivity contribution in [1.29, 1.82) is 0 Å². The molecule has 1 unspecified atom stereocenters. The molecule has 0 spiro atoms. The van der Waals surface area contributed by atoms with E-state index in [1.54, 1.807) is 17.0 Å². The van der Waals surface area contributed by atoms with Crippen LogP contribution in [0.4, 0.5) is 4.79 Å². The van der Waals surface area contributed by atoms with Crippen molar-refractivity contribution in [3.8, 4) is 11.5 Å². The molecule has 1 aromatic carbocycles. The molecule has 2 rings (SSSR count). The molecule has 1 aliphatic heterocycles. The van der Waals surface area contributed by atoms with Crippen LogP contribution >= 0.6 is 0 Å². The molecule has 21 heavy (non-hydrogen) atoms. The summed E-state index contributed by atoms with van der Waals surface area (Å²) < 4.78 is 9.48. The number of hydrogen-bond acceptors (Lipinski definition) is 5. The first-order valence-electron chi connectivity index (χ1n) is 6.56. The van der Waals surface area contributed by atoms with Gasteiger partial charge in [-0.1, -0.05) is 0 Å². The number of carbonyl (C=O) groups is 2. The number of nitrogens with zero attached hydrogens (tertiary/aromatic N) is 1. The Morgan fingerprint density at radius 3 is 2.76 bits per heavy atom. The third-order valence-corrected chi connectivity index (χ3v) is 3.41. The highest BCUT2D eigenvalue weighted by molar-refractivity contribution is 5.95. The summed E-state index contributed by atoms with van der Waals surface area (Å²) in [6.45, 7) is 0.959. The number of aromatic hydroxyl groups is 1. The molecule has 1 aromatic rings. The summed E-state index contributed by atoms with van der Waals surface area (Å²) in [5, 5.41) is 12.4. The molecule has 1 aliphatic rings. The van der Waals surface area contributed by atoms with E-state index >= 15 is 0 Å². The number of rotatable bonds is 3. The Morgan fingerprint density at radius 1 is 1.38 bits per heavy atom. The molecule has 7 heteroatoms. The summed E-state index contributed by atoms with van der Waals surface area (Å²) >= 11 is 0. The smallest absolute Gasteiger partial charge is 0.407 e. The minimum atomic E-state index is -0.503. The van der Waals surface area contributed by atoms with Crippen LogP contribution in [0, 0.1) is 0 Å². The van der Waals surface area contributed by atoms with Crippen molar-refractivity contribution in [2.24, 2.45) is 0 Å². The second kappa shape index (κ2) is 6.34. The molecular formula is C14H18N2O5. The SMILES string of the molecule is COC(=O)NC1CCN(C(=O)c2ccc(OC)c(O)c2)C1. The van der Waals surface area contributed by atoms with E-state index in [9.17, 15) is 14.7 Å². The number of phenolic OH excluding ortho intramolecular Hbond substituents is 1. The maximum Gasteiger partial charge on any atom is 0.407 e. The predicted octanol–water partition coefficient (Wildman–Crippen LogP) is 0.971. The summed E-state index contributed by atoms with van der Waals surface area (Å²) in [7, 11) is 2.74. The Bertz CT molecular complexity index is 546. The Hall–Kier alpha value is -2.44. The third kappa shape index (κ3) is 3.36. The van der Waals surface area contributed by atoms with Crippen LogP contribution in [-0.2, 0) is 4.74 Å². The summed E-state index contributed by atoms with van der Waals surface area (Å²) in [5.74, 6) is 0.0482. The zero-order valence-corrected chi connectivity index (χ0v) is 12.0. The molecule has 0 aliphatic carbocycles. The van der Waals surface area contributed by atoms with Gasteiger partial charge >= 0.3 is 6.09 Å². The number of carbonyl (C=O) groups excluding carboxylic acids is 2. The predicted molar refractivity (Wildman–Crippen MR) is 74.5 cm³/mol. The average Bonchev–Trinajstić information content (AvgIpc) is 2.94. The van der Waals surface area contributed by atoms with E-state index in [1.165, 1.54) is 20.3 Å². The Morgan fingerprint density at radius 2 is 2.14 bits per heavy atom. The Labute approximate surface area is 122 Å². The number of methoxy groups -OCH3 is 2. The lowest BCUT2D eigenvalue weighted by atomic mass is 10.2. The summed E-state index contributed by atoms with van der Waals surface area (Å²) in [6, 6.07) is 4.40. The van der Waals surface area contributed by atoms with E-state index in [0.29, 0.717) is 30.8 Å². The van der Waals surface area contributed by atoms with Crippen molar-refractivity contribution in [2.75, 3.05) is 27.3 Å². The van der Waals surface area contributed by atoms with Crippen LogP contribution in [0.15, 0.2) is 18.2 Å². The molecule has 0 saturated carbocycles. The van der Waals surface area contributed by atoms with Crippen LogP contribution in [0.25, 0.3) is 0 Å². The molecule has 1 saturated heterocycles. The Balaban J connectivity index is 2.01. The molecule has 2 N–H and O–H groups in total. The van der Waals surface area contributed by atoms with Crippen LogP contribution in [0.1, 0.15) is 16.8 Å². The molecule has 0 radical (unpaired) electrons. The highest BCUT2D eigenvalue weighted by Gasteiger charge is 2.28. The topological polar surface area (TPSA) is 88.1 Å². The van der Waals surface area contributed by atoms with Crippen molar-refractivity contribution >= 4 is 12.0 Å². The van der Waals surface area contributed by atoms with Crippen molar-refractivity contribution in [1.82, 2.24) is 10.2 Å². The van der Waals surface area contributed by atoms with E-state index in [0.717, 1.165) is 0 Å². The van der Waals surface area contributed by atoms with Crippen LogP contribution in [0.2, 0.25) is 0 Å². The van der Waals surface area contributed by atoms with Gasteiger partial charge in [-0.2, -0.15) is 0 Å². The fourth-order valence-corrected chi connectivity index (χ4v) is 2.29. The highest BCUT2D eigenvalue weighted by atomic mass is 16.5. The molecule has 1 fully saturated rings. The molecular weight excluding hydrogens is 276 g/mol. The van der Waals surface area contributed by atoms with Gasteiger partial charge in [0, 0.05) is 18.7 Å². The third-order valence-electron chi connectivity index (χ3n) is 3.41. The molecule has 2 amide bonds. The number of nitrogens with one attached hydrogen (secondary N) is 1. The standard InChI is InChI=1S/C14H18N2O5/c1-20-12-4-3-9(7-11(12)17)13(18)16-6-5-10(8-16)15-14(19)21-2/h3-4,7,10,17H,5-6,8H2,1-2H3,(H,15,19). The number of hydrogen-bond donors (Lipinski definition) is 2. The normalized spacial score (nSPS) is 17.4. The minimum absolute atomic E-state index is 0.0771. The molecule has 114 valence electrons. The summed E-state index contributed by atoms with van der Waals surface area (Å²) in [6.07, 6.45) is 0.166. The lowest BCUT2D eigenvalue weighted by molar-refractivity contribution is 0.0787. The van der Waals surface area contributed by atoms with Gasteiger partial charge in [0.15, 0.2) is 11.5 Å². The molecule has 0 bridgehead atoms. The van der Waals surface area contributed by atoms with Crippen molar-refractivity contribution in [3.63, 3.8) is 0 Å². The number of ether oxygens (including phenoxy) is 2. The molecule has 7 nitrogen and oxygen atoms in total. The zero-order valence-electron chi connectivity index (χ0n) is 12.0. The number of likely N-dealkylation sites (tertiary alicyclic amines) is 1.